The zero-order valence-corrected chi connectivity index (χ0v) is 11.3. The molecule has 1 unspecified atom stereocenters. The molecule has 1 atom stereocenters. The lowest BCUT2D eigenvalue weighted by atomic mass is 10.1. The molecule has 0 amide bonds. The van der Waals surface area contributed by atoms with Crippen molar-refractivity contribution in [2.75, 3.05) is 26.3 Å². The molecule has 0 radical (unpaired) electrons. The zero-order valence-electron chi connectivity index (χ0n) is 11.3. The summed E-state index contributed by atoms with van der Waals surface area (Å²) in [5.41, 5.74) is -0.920. The van der Waals surface area contributed by atoms with Crippen LogP contribution in [-0.2, 0) is 9.53 Å². The topological polar surface area (TPSA) is 56.8 Å². The first kappa shape index (κ1) is 13.8. The van der Waals surface area contributed by atoms with Crippen LogP contribution in [-0.4, -0.2) is 37.9 Å². The van der Waals surface area contributed by atoms with Gasteiger partial charge in [-0.2, -0.15) is 0 Å². The molecule has 0 aromatic heterocycles. The molecule has 1 aromatic rings. The Kier molecular flexibility index (Phi) is 4.39. The summed E-state index contributed by atoms with van der Waals surface area (Å²) in [6.45, 7) is 5.98. The summed E-state index contributed by atoms with van der Waals surface area (Å²) in [4.78, 5) is 12.1. The van der Waals surface area contributed by atoms with Crippen LogP contribution >= 0.6 is 0 Å². The number of nitrogens with one attached hydrogen (secondary N) is 1. The zero-order chi connectivity index (χ0) is 13.7. The number of carbonyl (C=O) groups is 1. The molecule has 5 heteroatoms. The van der Waals surface area contributed by atoms with Gasteiger partial charge < -0.3 is 19.5 Å². The van der Waals surface area contributed by atoms with Crippen molar-refractivity contribution < 1.29 is 19.0 Å². The van der Waals surface area contributed by atoms with Crippen LogP contribution in [0.4, 0.5) is 0 Å². The van der Waals surface area contributed by atoms with Gasteiger partial charge in [-0.15, -0.1) is 0 Å². The fourth-order valence-corrected chi connectivity index (χ4v) is 1.84. The average Bonchev–Trinajstić information content (AvgIpc) is 2.42. The molecule has 2 rings (SSSR count). The van der Waals surface area contributed by atoms with Gasteiger partial charge >= 0.3 is 5.97 Å². The second kappa shape index (κ2) is 6.04. The lowest BCUT2D eigenvalue weighted by Crippen LogP contribution is -2.54. The number of carbonyl (C=O) groups excluding carboxylic acids is 1. The number of ether oxygens (including phenoxy) is 3. The van der Waals surface area contributed by atoms with E-state index in [1.165, 1.54) is 0 Å². The van der Waals surface area contributed by atoms with Crippen molar-refractivity contribution in [3.05, 3.63) is 24.3 Å². The molecule has 1 heterocycles. The number of esters is 1. The van der Waals surface area contributed by atoms with E-state index in [2.05, 4.69) is 5.32 Å². The summed E-state index contributed by atoms with van der Waals surface area (Å²) in [7, 11) is 0. The number of hydrogen-bond acceptors (Lipinski definition) is 5. The van der Waals surface area contributed by atoms with Gasteiger partial charge in [0, 0.05) is 13.1 Å². The molecule has 19 heavy (non-hydrogen) atoms. The van der Waals surface area contributed by atoms with Crippen molar-refractivity contribution in [3.63, 3.8) is 0 Å². The molecule has 0 bridgehead atoms. The van der Waals surface area contributed by atoms with Crippen LogP contribution in [0.2, 0.25) is 0 Å². The quantitative estimate of drug-likeness (QED) is 0.658. The predicted octanol–water partition coefficient (Wildman–Crippen LogP) is 1.37. The second-order valence-corrected chi connectivity index (χ2v) is 4.55. The van der Waals surface area contributed by atoms with E-state index >= 15 is 0 Å². The van der Waals surface area contributed by atoms with Crippen molar-refractivity contribution in [2.45, 2.75) is 19.4 Å². The molecule has 1 aliphatic rings. The molecule has 1 fully saturated rings. The van der Waals surface area contributed by atoms with Gasteiger partial charge in [0.2, 0.25) is 0 Å². The first-order chi connectivity index (χ1) is 9.14. The molecule has 0 aliphatic carbocycles. The Balaban J connectivity index is 1.98. The fourth-order valence-electron chi connectivity index (χ4n) is 1.84. The first-order valence-electron chi connectivity index (χ1n) is 6.44. The Morgan fingerprint density at radius 3 is 2.63 bits per heavy atom. The monoisotopic (exact) mass is 265 g/mol. The van der Waals surface area contributed by atoms with Crippen LogP contribution in [0.1, 0.15) is 13.8 Å². The maximum absolute atomic E-state index is 12.1. The molecule has 104 valence electrons. The van der Waals surface area contributed by atoms with Crippen LogP contribution in [0.15, 0.2) is 24.3 Å². The summed E-state index contributed by atoms with van der Waals surface area (Å²) in [5, 5.41) is 3.12. The van der Waals surface area contributed by atoms with Gasteiger partial charge in [-0.05, 0) is 38.1 Å². The van der Waals surface area contributed by atoms with E-state index in [0.717, 1.165) is 12.3 Å². The van der Waals surface area contributed by atoms with Crippen LogP contribution in [0.25, 0.3) is 0 Å². The van der Waals surface area contributed by atoms with Crippen LogP contribution < -0.4 is 14.8 Å². The smallest absolute Gasteiger partial charge is 0.344 e. The van der Waals surface area contributed by atoms with E-state index in [1.54, 1.807) is 31.2 Å². The van der Waals surface area contributed by atoms with Crippen LogP contribution in [0.5, 0.6) is 11.5 Å². The van der Waals surface area contributed by atoms with Crippen molar-refractivity contribution in [1.82, 2.24) is 5.32 Å². The maximum Gasteiger partial charge on any atom is 0.344 e. The summed E-state index contributed by atoms with van der Waals surface area (Å²) < 4.78 is 16.2. The standard InChI is InChI=1S/C14H19NO4/c1-3-17-11-4-6-12(7-5-11)19-13(16)14(2)10-15-8-9-18-14/h4-7,15H,3,8-10H2,1-2H3. The summed E-state index contributed by atoms with van der Waals surface area (Å²) in [6, 6.07) is 6.97. The van der Waals surface area contributed by atoms with E-state index in [0.29, 0.717) is 25.5 Å². The minimum absolute atomic E-state index is 0.385. The normalized spacial score (nSPS) is 22.8. The Hall–Kier alpha value is -1.59. The largest absolute Gasteiger partial charge is 0.494 e. The number of hydrogen-bond donors (Lipinski definition) is 1. The maximum atomic E-state index is 12.1. The first-order valence-corrected chi connectivity index (χ1v) is 6.44. The third-order valence-corrected chi connectivity index (χ3v) is 2.94. The Morgan fingerprint density at radius 2 is 2.05 bits per heavy atom. The highest BCUT2D eigenvalue weighted by atomic mass is 16.6. The molecular weight excluding hydrogens is 246 g/mol. The number of rotatable bonds is 4. The Bertz CT molecular complexity index is 424. The van der Waals surface area contributed by atoms with Gasteiger partial charge in [-0.25, -0.2) is 4.79 Å². The molecule has 1 N–H and O–H groups in total. The minimum Gasteiger partial charge on any atom is -0.494 e. The Labute approximate surface area is 112 Å². The molecule has 0 spiro atoms. The van der Waals surface area contributed by atoms with Gasteiger partial charge in [-0.3, -0.25) is 0 Å². The lowest BCUT2D eigenvalue weighted by molar-refractivity contribution is -0.163. The van der Waals surface area contributed by atoms with Gasteiger partial charge in [0.1, 0.15) is 11.5 Å². The van der Waals surface area contributed by atoms with Crippen molar-refractivity contribution in [2.24, 2.45) is 0 Å². The van der Waals surface area contributed by atoms with E-state index in [4.69, 9.17) is 14.2 Å². The molecule has 1 aromatic carbocycles. The van der Waals surface area contributed by atoms with E-state index in [9.17, 15) is 4.79 Å². The van der Waals surface area contributed by atoms with Gasteiger partial charge in [0.15, 0.2) is 5.60 Å². The highest BCUT2D eigenvalue weighted by Gasteiger charge is 2.38. The van der Waals surface area contributed by atoms with Crippen molar-refractivity contribution in [3.8, 4) is 11.5 Å². The highest BCUT2D eigenvalue weighted by Crippen LogP contribution is 2.21. The van der Waals surface area contributed by atoms with Crippen molar-refractivity contribution in [1.29, 1.82) is 0 Å². The van der Waals surface area contributed by atoms with E-state index in [-0.39, 0.29) is 5.97 Å². The number of benzene rings is 1. The van der Waals surface area contributed by atoms with Crippen molar-refractivity contribution >= 4 is 5.97 Å². The van der Waals surface area contributed by atoms with Crippen LogP contribution in [0, 0.1) is 0 Å². The fraction of sp³-hybridized carbons (Fsp3) is 0.500. The molecule has 1 aliphatic heterocycles. The highest BCUT2D eigenvalue weighted by molar-refractivity contribution is 5.81. The average molecular weight is 265 g/mol. The SMILES string of the molecule is CCOc1ccc(OC(=O)C2(C)CNCCO2)cc1. The number of morpholine rings is 1. The molecular formula is C14H19NO4. The van der Waals surface area contributed by atoms with E-state index in [1.807, 2.05) is 6.92 Å². The molecule has 5 nitrogen and oxygen atoms in total. The van der Waals surface area contributed by atoms with Gasteiger partial charge in [0.05, 0.1) is 13.2 Å². The summed E-state index contributed by atoms with van der Waals surface area (Å²) in [6.07, 6.45) is 0. The van der Waals surface area contributed by atoms with Gasteiger partial charge in [-0.1, -0.05) is 0 Å². The van der Waals surface area contributed by atoms with E-state index < -0.39 is 5.60 Å². The minimum atomic E-state index is -0.920. The summed E-state index contributed by atoms with van der Waals surface area (Å²) in [5.74, 6) is 0.858. The van der Waals surface area contributed by atoms with Crippen LogP contribution in [0.3, 0.4) is 0 Å². The Morgan fingerprint density at radius 1 is 1.37 bits per heavy atom. The van der Waals surface area contributed by atoms with Gasteiger partial charge in [0.25, 0.3) is 0 Å². The third-order valence-electron chi connectivity index (χ3n) is 2.94. The third kappa shape index (κ3) is 3.45. The molecule has 1 saturated heterocycles. The molecule has 0 saturated carbocycles. The lowest BCUT2D eigenvalue weighted by Gasteiger charge is -2.31. The predicted molar refractivity (Wildman–Crippen MR) is 70.5 cm³/mol. The summed E-state index contributed by atoms with van der Waals surface area (Å²) >= 11 is 0. The second-order valence-electron chi connectivity index (χ2n) is 4.55.